The molecule has 1 aliphatic rings. The first-order valence-electron chi connectivity index (χ1n) is 8.19. The second kappa shape index (κ2) is 8.45. The molecule has 0 atom stereocenters. The third-order valence-electron chi connectivity index (χ3n) is 4.05. The van der Waals surface area contributed by atoms with Gasteiger partial charge in [0.1, 0.15) is 5.82 Å². The fourth-order valence-corrected chi connectivity index (χ4v) is 2.68. The first-order chi connectivity index (χ1) is 11.1. The highest BCUT2D eigenvalue weighted by atomic mass is 16.4. The van der Waals surface area contributed by atoms with Gasteiger partial charge in [0.2, 0.25) is 5.91 Å². The predicted molar refractivity (Wildman–Crippen MR) is 86.5 cm³/mol. The number of amides is 1. The topological polar surface area (TPSA) is 95.4 Å². The molecule has 0 saturated carbocycles. The van der Waals surface area contributed by atoms with E-state index in [1.807, 2.05) is 0 Å². The molecule has 1 saturated heterocycles. The highest BCUT2D eigenvalue weighted by Crippen LogP contribution is 2.17. The van der Waals surface area contributed by atoms with Crippen LogP contribution in [0.1, 0.15) is 55.9 Å². The fourth-order valence-electron chi connectivity index (χ4n) is 2.68. The molecule has 1 aliphatic heterocycles. The molecule has 1 amide bonds. The van der Waals surface area contributed by atoms with Gasteiger partial charge < -0.3 is 15.3 Å². The van der Waals surface area contributed by atoms with E-state index in [0.29, 0.717) is 12.2 Å². The maximum absolute atomic E-state index is 11.8. The van der Waals surface area contributed by atoms with Gasteiger partial charge in [-0.15, -0.1) is 0 Å². The van der Waals surface area contributed by atoms with Gasteiger partial charge in [-0.1, -0.05) is 19.8 Å². The fraction of sp³-hybridized carbons (Fsp3) is 0.625. The number of rotatable bonds is 7. The zero-order valence-electron chi connectivity index (χ0n) is 13.5. The lowest BCUT2D eigenvalue weighted by molar-refractivity contribution is -0.122. The summed E-state index contributed by atoms with van der Waals surface area (Å²) in [5.41, 5.74) is -0.0528. The van der Waals surface area contributed by atoms with Crippen molar-refractivity contribution >= 4 is 17.7 Å². The molecule has 23 heavy (non-hydrogen) atoms. The van der Waals surface area contributed by atoms with Crippen molar-refractivity contribution in [2.75, 3.05) is 18.0 Å². The minimum Gasteiger partial charge on any atom is -0.476 e. The van der Waals surface area contributed by atoms with Gasteiger partial charge in [-0.2, -0.15) is 0 Å². The molecule has 0 bridgehead atoms. The summed E-state index contributed by atoms with van der Waals surface area (Å²) in [6.45, 7) is 3.68. The van der Waals surface area contributed by atoms with Gasteiger partial charge in [0, 0.05) is 25.6 Å². The van der Waals surface area contributed by atoms with Crippen LogP contribution in [-0.4, -0.2) is 46.1 Å². The van der Waals surface area contributed by atoms with Crippen molar-refractivity contribution in [3.63, 3.8) is 0 Å². The number of hydrogen-bond donors (Lipinski definition) is 2. The summed E-state index contributed by atoms with van der Waals surface area (Å²) in [5.74, 6) is -0.251. The van der Waals surface area contributed by atoms with Crippen LogP contribution < -0.4 is 10.2 Å². The lowest BCUT2D eigenvalue weighted by atomic mass is 10.0. The molecule has 0 radical (unpaired) electrons. The summed E-state index contributed by atoms with van der Waals surface area (Å²) in [6.07, 6.45) is 8.27. The van der Waals surface area contributed by atoms with Crippen molar-refractivity contribution in [2.24, 2.45) is 0 Å². The summed E-state index contributed by atoms with van der Waals surface area (Å²) in [4.78, 5) is 32.7. The highest BCUT2D eigenvalue weighted by Gasteiger charge is 2.21. The summed E-state index contributed by atoms with van der Waals surface area (Å²) in [7, 11) is 0. The van der Waals surface area contributed by atoms with Crippen molar-refractivity contribution in [1.29, 1.82) is 0 Å². The monoisotopic (exact) mass is 320 g/mol. The van der Waals surface area contributed by atoms with Gasteiger partial charge in [0.15, 0.2) is 5.69 Å². The van der Waals surface area contributed by atoms with Gasteiger partial charge in [-0.05, 0) is 19.3 Å². The quantitative estimate of drug-likeness (QED) is 0.744. The Balaban J connectivity index is 1.77. The van der Waals surface area contributed by atoms with E-state index in [2.05, 4.69) is 27.1 Å². The number of carbonyl (C=O) groups excluding carboxylic acids is 1. The van der Waals surface area contributed by atoms with Crippen molar-refractivity contribution < 1.29 is 14.7 Å². The minimum absolute atomic E-state index is 0.0528. The van der Waals surface area contributed by atoms with Gasteiger partial charge in [0.25, 0.3) is 0 Å². The molecule has 2 N–H and O–H groups in total. The lowest BCUT2D eigenvalue weighted by Crippen LogP contribution is -2.45. The number of carbonyl (C=O) groups is 2. The van der Waals surface area contributed by atoms with Gasteiger partial charge in [-0.3, -0.25) is 4.79 Å². The van der Waals surface area contributed by atoms with E-state index in [-0.39, 0.29) is 17.6 Å². The summed E-state index contributed by atoms with van der Waals surface area (Å²) < 4.78 is 0. The first-order valence-corrected chi connectivity index (χ1v) is 8.19. The molecule has 7 nitrogen and oxygen atoms in total. The van der Waals surface area contributed by atoms with E-state index in [9.17, 15) is 9.59 Å². The molecular formula is C16H24N4O3. The van der Waals surface area contributed by atoms with Crippen LogP contribution in [0, 0.1) is 0 Å². The SMILES string of the molecule is CCCCCC(=O)NC1CCN(c2cnc(C(=O)O)cn2)CC1. The number of carboxylic acid groups (broad SMARTS) is 1. The van der Waals surface area contributed by atoms with Crippen LogP contribution in [0.2, 0.25) is 0 Å². The second-order valence-electron chi connectivity index (χ2n) is 5.85. The number of aromatic carboxylic acids is 1. The number of hydrogen-bond acceptors (Lipinski definition) is 5. The number of piperidine rings is 1. The van der Waals surface area contributed by atoms with Gasteiger partial charge in [-0.25, -0.2) is 14.8 Å². The second-order valence-corrected chi connectivity index (χ2v) is 5.85. The molecule has 1 fully saturated rings. The smallest absolute Gasteiger partial charge is 0.356 e. The zero-order valence-corrected chi connectivity index (χ0v) is 13.5. The van der Waals surface area contributed by atoms with E-state index >= 15 is 0 Å². The number of anilines is 1. The Morgan fingerprint density at radius 2 is 2.00 bits per heavy atom. The van der Waals surface area contributed by atoms with Crippen molar-refractivity contribution in [3.8, 4) is 0 Å². The molecule has 1 aromatic heterocycles. The predicted octanol–water partition coefficient (Wildman–Crippen LogP) is 1.84. The summed E-state index contributed by atoms with van der Waals surface area (Å²) >= 11 is 0. The highest BCUT2D eigenvalue weighted by molar-refractivity contribution is 5.84. The van der Waals surface area contributed by atoms with E-state index in [0.717, 1.165) is 45.2 Å². The Bertz CT molecular complexity index is 525. The van der Waals surface area contributed by atoms with Crippen LogP contribution >= 0.6 is 0 Å². The molecule has 2 heterocycles. The number of nitrogens with zero attached hydrogens (tertiary/aromatic N) is 3. The molecule has 2 rings (SSSR count). The summed E-state index contributed by atoms with van der Waals surface area (Å²) in [5, 5.41) is 11.9. The molecule has 126 valence electrons. The van der Waals surface area contributed by atoms with E-state index < -0.39 is 5.97 Å². The molecule has 1 aromatic rings. The Kier molecular flexibility index (Phi) is 6.31. The lowest BCUT2D eigenvalue weighted by Gasteiger charge is -2.33. The maximum atomic E-state index is 11.8. The van der Waals surface area contributed by atoms with Crippen molar-refractivity contribution in [2.45, 2.75) is 51.5 Å². The molecular weight excluding hydrogens is 296 g/mol. The molecule has 0 spiro atoms. The third kappa shape index (κ3) is 5.19. The van der Waals surface area contributed by atoms with Crippen LogP contribution in [0.5, 0.6) is 0 Å². The van der Waals surface area contributed by atoms with Crippen LogP contribution in [0.25, 0.3) is 0 Å². The Hall–Kier alpha value is -2.18. The largest absolute Gasteiger partial charge is 0.476 e. The zero-order chi connectivity index (χ0) is 16.7. The summed E-state index contributed by atoms with van der Waals surface area (Å²) in [6, 6.07) is 0.214. The average Bonchev–Trinajstić information content (AvgIpc) is 2.56. The maximum Gasteiger partial charge on any atom is 0.356 e. The van der Waals surface area contributed by atoms with Gasteiger partial charge in [0.05, 0.1) is 12.4 Å². The number of aromatic nitrogens is 2. The number of unbranched alkanes of at least 4 members (excludes halogenated alkanes) is 2. The van der Waals surface area contributed by atoms with Crippen molar-refractivity contribution in [1.82, 2.24) is 15.3 Å². The Labute approximate surface area is 136 Å². The van der Waals surface area contributed by atoms with Crippen LogP contribution in [0.4, 0.5) is 5.82 Å². The minimum atomic E-state index is -1.08. The van der Waals surface area contributed by atoms with Crippen LogP contribution in [-0.2, 0) is 4.79 Å². The van der Waals surface area contributed by atoms with Gasteiger partial charge >= 0.3 is 5.97 Å². The van der Waals surface area contributed by atoms with E-state index in [4.69, 9.17) is 5.11 Å². The van der Waals surface area contributed by atoms with Crippen LogP contribution in [0.3, 0.4) is 0 Å². The third-order valence-corrected chi connectivity index (χ3v) is 4.05. The molecule has 0 aromatic carbocycles. The van der Waals surface area contributed by atoms with Crippen LogP contribution in [0.15, 0.2) is 12.4 Å². The Morgan fingerprint density at radius 1 is 1.26 bits per heavy atom. The van der Waals surface area contributed by atoms with E-state index in [1.54, 1.807) is 0 Å². The molecule has 7 heteroatoms. The normalized spacial score (nSPS) is 15.4. The average molecular weight is 320 g/mol. The van der Waals surface area contributed by atoms with Crippen molar-refractivity contribution in [3.05, 3.63) is 18.1 Å². The first kappa shape index (κ1) is 17.2. The molecule has 0 unspecified atom stereocenters. The molecule has 0 aliphatic carbocycles. The number of carboxylic acids is 1. The Morgan fingerprint density at radius 3 is 2.57 bits per heavy atom. The standard InChI is InChI=1S/C16H24N4O3/c1-2-3-4-5-15(21)19-12-6-8-20(9-7-12)14-11-17-13(10-18-14)16(22)23/h10-12H,2-9H2,1H3,(H,19,21)(H,22,23). The van der Waals surface area contributed by atoms with E-state index in [1.165, 1.54) is 12.4 Å². The number of nitrogens with one attached hydrogen (secondary N) is 1.